The molecule has 0 atom stereocenters. The second-order valence-electron chi connectivity index (χ2n) is 8.11. The van der Waals surface area contributed by atoms with Gasteiger partial charge in [-0.15, -0.1) is 0 Å². The molecular weight excluding hydrogens is 486 g/mol. The highest BCUT2D eigenvalue weighted by atomic mass is 79.9. The van der Waals surface area contributed by atoms with E-state index in [-0.39, 0.29) is 10.9 Å². The molecule has 0 bridgehead atoms. The van der Waals surface area contributed by atoms with Crippen molar-refractivity contribution in [2.24, 2.45) is 0 Å². The molecule has 33 heavy (non-hydrogen) atoms. The number of anilines is 2. The Hall–Kier alpha value is -3.19. The van der Waals surface area contributed by atoms with Crippen molar-refractivity contribution in [3.63, 3.8) is 0 Å². The molecule has 166 valence electrons. The Morgan fingerprint density at radius 1 is 1.03 bits per heavy atom. The Bertz CT molecular complexity index is 1390. The Balaban J connectivity index is 1.74. The highest BCUT2D eigenvalue weighted by Gasteiger charge is 2.20. The van der Waals surface area contributed by atoms with E-state index >= 15 is 4.39 Å². The summed E-state index contributed by atoms with van der Waals surface area (Å²) in [5.41, 5.74) is 5.43. The van der Waals surface area contributed by atoms with Crippen LogP contribution in [0.3, 0.4) is 0 Å². The van der Waals surface area contributed by atoms with E-state index in [1.807, 2.05) is 31.2 Å². The fourth-order valence-electron chi connectivity index (χ4n) is 4.29. The topological polar surface area (TPSA) is 50.7 Å². The minimum absolute atomic E-state index is 0.225. The first-order chi connectivity index (χ1) is 16.0. The molecule has 0 radical (unpaired) electrons. The van der Waals surface area contributed by atoms with Gasteiger partial charge in [0.25, 0.3) is 0 Å². The van der Waals surface area contributed by atoms with Crippen molar-refractivity contribution >= 4 is 43.8 Å². The normalized spacial score (nSPS) is 13.8. The quantitative estimate of drug-likeness (QED) is 0.307. The highest BCUT2D eigenvalue weighted by Crippen LogP contribution is 2.39. The SMILES string of the molecule is Cc1c(-c2ccccn2)nc2cc(F)cc(F)c2c1Nc1cc(Br)cnc1C1=CCCCC1. The van der Waals surface area contributed by atoms with Crippen LogP contribution < -0.4 is 5.32 Å². The van der Waals surface area contributed by atoms with Crippen LogP contribution >= 0.6 is 15.9 Å². The van der Waals surface area contributed by atoms with Crippen LogP contribution in [0, 0.1) is 18.6 Å². The zero-order chi connectivity index (χ0) is 22.9. The van der Waals surface area contributed by atoms with Crippen LogP contribution in [0.1, 0.15) is 36.9 Å². The summed E-state index contributed by atoms with van der Waals surface area (Å²) < 4.78 is 30.0. The molecular formula is C26H21BrF2N4. The first kappa shape index (κ1) is 21.6. The second kappa shape index (κ2) is 8.98. The van der Waals surface area contributed by atoms with Crippen LogP contribution in [0.25, 0.3) is 27.9 Å². The van der Waals surface area contributed by atoms with Crippen LogP contribution in [0.5, 0.6) is 0 Å². The molecule has 0 saturated heterocycles. The molecule has 0 aliphatic heterocycles. The summed E-state index contributed by atoms with van der Waals surface area (Å²) >= 11 is 3.51. The van der Waals surface area contributed by atoms with Gasteiger partial charge in [-0.05, 0) is 72.3 Å². The number of benzene rings is 1. The average molecular weight is 507 g/mol. The lowest BCUT2D eigenvalue weighted by atomic mass is 9.95. The molecule has 0 fully saturated rings. The zero-order valence-corrected chi connectivity index (χ0v) is 19.6. The number of allylic oxidation sites excluding steroid dienone is 2. The van der Waals surface area contributed by atoms with Gasteiger partial charge in [0.05, 0.1) is 39.4 Å². The number of hydrogen-bond acceptors (Lipinski definition) is 4. The monoisotopic (exact) mass is 506 g/mol. The smallest absolute Gasteiger partial charge is 0.137 e. The number of fused-ring (bicyclic) bond motifs is 1. The molecule has 1 aliphatic rings. The molecule has 5 rings (SSSR count). The Morgan fingerprint density at radius 3 is 2.67 bits per heavy atom. The fraction of sp³-hybridized carbons (Fsp3) is 0.192. The van der Waals surface area contributed by atoms with Gasteiger partial charge in [0, 0.05) is 34.6 Å². The lowest BCUT2D eigenvalue weighted by Crippen LogP contribution is -2.05. The third kappa shape index (κ3) is 4.25. The van der Waals surface area contributed by atoms with Gasteiger partial charge in [0.15, 0.2) is 0 Å². The van der Waals surface area contributed by atoms with Crippen LogP contribution in [-0.4, -0.2) is 15.0 Å². The third-order valence-corrected chi connectivity index (χ3v) is 6.30. The predicted molar refractivity (Wildman–Crippen MR) is 131 cm³/mol. The number of pyridine rings is 3. The maximum atomic E-state index is 15.1. The van der Waals surface area contributed by atoms with Gasteiger partial charge in [-0.1, -0.05) is 12.1 Å². The van der Waals surface area contributed by atoms with E-state index in [2.05, 4.69) is 42.3 Å². The molecule has 3 heterocycles. The van der Waals surface area contributed by atoms with E-state index < -0.39 is 11.6 Å². The molecule has 1 aliphatic carbocycles. The summed E-state index contributed by atoms with van der Waals surface area (Å²) in [4.78, 5) is 13.7. The minimum atomic E-state index is -0.675. The predicted octanol–water partition coefficient (Wildman–Crippen LogP) is 7.74. The van der Waals surface area contributed by atoms with Crippen molar-refractivity contribution in [2.45, 2.75) is 32.6 Å². The number of rotatable bonds is 4. The largest absolute Gasteiger partial charge is 0.353 e. The molecule has 1 N–H and O–H groups in total. The summed E-state index contributed by atoms with van der Waals surface area (Å²) in [6.45, 7) is 1.87. The lowest BCUT2D eigenvalue weighted by Gasteiger charge is -2.20. The Morgan fingerprint density at radius 2 is 1.91 bits per heavy atom. The molecule has 3 aromatic heterocycles. The van der Waals surface area contributed by atoms with Crippen LogP contribution in [0.2, 0.25) is 0 Å². The summed E-state index contributed by atoms with van der Waals surface area (Å²) in [6, 6.07) is 9.58. The van der Waals surface area contributed by atoms with Crippen molar-refractivity contribution in [3.05, 3.63) is 82.2 Å². The Labute approximate surface area is 198 Å². The fourth-order valence-corrected chi connectivity index (χ4v) is 4.62. The van der Waals surface area contributed by atoms with E-state index in [0.29, 0.717) is 17.1 Å². The molecule has 4 nitrogen and oxygen atoms in total. The van der Waals surface area contributed by atoms with Crippen molar-refractivity contribution < 1.29 is 8.78 Å². The molecule has 0 amide bonds. The molecule has 0 spiro atoms. The zero-order valence-electron chi connectivity index (χ0n) is 18.0. The summed E-state index contributed by atoms with van der Waals surface area (Å²) in [5, 5.41) is 3.66. The van der Waals surface area contributed by atoms with Gasteiger partial charge in [-0.25, -0.2) is 13.8 Å². The van der Waals surface area contributed by atoms with E-state index in [0.717, 1.165) is 46.7 Å². The summed E-state index contributed by atoms with van der Waals surface area (Å²) in [7, 11) is 0. The van der Waals surface area contributed by atoms with E-state index in [1.54, 1.807) is 12.4 Å². The number of nitrogens with one attached hydrogen (secondary N) is 1. The van der Waals surface area contributed by atoms with Gasteiger partial charge >= 0.3 is 0 Å². The van der Waals surface area contributed by atoms with Crippen molar-refractivity contribution in [3.8, 4) is 11.4 Å². The van der Waals surface area contributed by atoms with E-state index in [4.69, 9.17) is 0 Å². The standard InChI is InChI=1S/C26H21BrF2N4/c1-15-24(20-9-5-6-10-30-20)32-21-13-18(28)12-19(29)23(21)25(15)33-22-11-17(27)14-31-26(22)16-7-3-2-4-8-16/h5-7,9-14H,2-4,8H2,1H3,(H,32,33). The number of halogens is 3. The minimum Gasteiger partial charge on any atom is -0.353 e. The first-order valence-corrected chi connectivity index (χ1v) is 11.6. The van der Waals surface area contributed by atoms with Crippen molar-refractivity contribution in [1.29, 1.82) is 0 Å². The van der Waals surface area contributed by atoms with Gasteiger partial charge < -0.3 is 5.32 Å². The van der Waals surface area contributed by atoms with Crippen molar-refractivity contribution in [2.75, 3.05) is 5.32 Å². The number of hydrogen-bond donors (Lipinski definition) is 1. The molecule has 4 aromatic rings. The van der Waals surface area contributed by atoms with Gasteiger partial charge in [0.2, 0.25) is 0 Å². The van der Waals surface area contributed by atoms with Crippen LogP contribution in [0.4, 0.5) is 20.2 Å². The van der Waals surface area contributed by atoms with Gasteiger partial charge in [0.1, 0.15) is 11.6 Å². The third-order valence-electron chi connectivity index (χ3n) is 5.86. The van der Waals surface area contributed by atoms with E-state index in [1.165, 1.54) is 18.1 Å². The molecule has 1 aromatic carbocycles. The number of aromatic nitrogens is 3. The Kier molecular flexibility index (Phi) is 5.89. The highest BCUT2D eigenvalue weighted by molar-refractivity contribution is 9.10. The van der Waals surface area contributed by atoms with Crippen LogP contribution in [0.15, 0.2) is 59.3 Å². The maximum Gasteiger partial charge on any atom is 0.137 e. The summed E-state index contributed by atoms with van der Waals surface area (Å²) in [5.74, 6) is -1.34. The first-order valence-electron chi connectivity index (χ1n) is 10.8. The van der Waals surface area contributed by atoms with Gasteiger partial charge in [-0.2, -0.15) is 0 Å². The maximum absolute atomic E-state index is 15.1. The van der Waals surface area contributed by atoms with Crippen LogP contribution in [-0.2, 0) is 0 Å². The van der Waals surface area contributed by atoms with E-state index in [9.17, 15) is 4.39 Å². The van der Waals surface area contributed by atoms with Gasteiger partial charge in [-0.3, -0.25) is 9.97 Å². The number of nitrogens with zero attached hydrogens (tertiary/aromatic N) is 3. The molecule has 0 saturated carbocycles. The molecule has 7 heteroatoms. The van der Waals surface area contributed by atoms with Crippen molar-refractivity contribution in [1.82, 2.24) is 15.0 Å². The lowest BCUT2D eigenvalue weighted by molar-refractivity contribution is 0.591. The average Bonchev–Trinajstić information content (AvgIpc) is 2.82. The second-order valence-corrected chi connectivity index (χ2v) is 9.02. The molecule has 0 unspecified atom stereocenters. The summed E-state index contributed by atoms with van der Waals surface area (Å²) in [6.07, 6.45) is 9.89.